The molecule has 3 unspecified atom stereocenters. The van der Waals surface area contributed by atoms with Gasteiger partial charge in [-0.05, 0) is 51.5 Å². The van der Waals surface area contributed by atoms with Crippen LogP contribution in [0.1, 0.15) is 52.4 Å². The second kappa shape index (κ2) is 5.50. The van der Waals surface area contributed by atoms with E-state index in [0.717, 1.165) is 30.5 Å². The third-order valence-electron chi connectivity index (χ3n) is 4.90. The van der Waals surface area contributed by atoms with Crippen LogP contribution < -0.4 is 5.73 Å². The van der Waals surface area contributed by atoms with E-state index >= 15 is 0 Å². The highest BCUT2D eigenvalue weighted by atomic mass is 15.2. The first-order valence-electron chi connectivity index (χ1n) is 7.18. The van der Waals surface area contributed by atoms with E-state index in [1.165, 1.54) is 45.1 Å². The Hall–Kier alpha value is -0.0800. The number of nitrogens with two attached hydrogens (primary N) is 1. The van der Waals surface area contributed by atoms with Crippen LogP contribution in [0.2, 0.25) is 0 Å². The number of likely N-dealkylation sites (tertiary alicyclic amines) is 1. The molecule has 1 aliphatic heterocycles. The van der Waals surface area contributed by atoms with Gasteiger partial charge in [0.1, 0.15) is 0 Å². The number of nitrogens with zero attached hydrogens (tertiary/aromatic N) is 1. The van der Waals surface area contributed by atoms with Gasteiger partial charge in [0.05, 0.1) is 0 Å². The molecule has 0 spiro atoms. The van der Waals surface area contributed by atoms with E-state index in [0.29, 0.717) is 0 Å². The Morgan fingerprint density at radius 2 is 1.94 bits per heavy atom. The Labute approximate surface area is 101 Å². The normalized spacial score (nSPS) is 35.4. The summed E-state index contributed by atoms with van der Waals surface area (Å²) in [5.41, 5.74) is 5.81. The van der Waals surface area contributed by atoms with Gasteiger partial charge in [0.2, 0.25) is 0 Å². The molecule has 2 heteroatoms. The highest BCUT2D eigenvalue weighted by molar-refractivity contribution is 4.89. The van der Waals surface area contributed by atoms with Gasteiger partial charge in [-0.25, -0.2) is 0 Å². The summed E-state index contributed by atoms with van der Waals surface area (Å²) in [6, 6.07) is 1.54. The van der Waals surface area contributed by atoms with Crippen molar-refractivity contribution in [3.05, 3.63) is 0 Å². The highest BCUT2D eigenvalue weighted by Crippen LogP contribution is 2.33. The van der Waals surface area contributed by atoms with Crippen LogP contribution in [0.15, 0.2) is 0 Å². The van der Waals surface area contributed by atoms with Crippen LogP contribution in [0.5, 0.6) is 0 Å². The Morgan fingerprint density at radius 1 is 1.25 bits per heavy atom. The molecule has 16 heavy (non-hydrogen) atoms. The minimum atomic E-state index is 0.751. The SMILES string of the molecule is CC1CC(CN)CN1C(C)C1CCCCC1. The lowest BCUT2D eigenvalue weighted by molar-refractivity contribution is 0.122. The molecule has 0 aromatic carbocycles. The molecular weight excluding hydrogens is 196 g/mol. The van der Waals surface area contributed by atoms with Crippen molar-refractivity contribution < 1.29 is 0 Å². The van der Waals surface area contributed by atoms with Gasteiger partial charge in [-0.3, -0.25) is 4.90 Å². The largest absolute Gasteiger partial charge is 0.330 e. The summed E-state index contributed by atoms with van der Waals surface area (Å²) >= 11 is 0. The fourth-order valence-electron chi connectivity index (χ4n) is 3.80. The van der Waals surface area contributed by atoms with E-state index in [2.05, 4.69) is 18.7 Å². The summed E-state index contributed by atoms with van der Waals surface area (Å²) in [6.07, 6.45) is 8.60. The standard InChI is InChI=1S/C14H28N2/c1-11-8-13(9-15)10-16(11)12(2)14-6-4-3-5-7-14/h11-14H,3-10,15H2,1-2H3. The van der Waals surface area contributed by atoms with E-state index in [9.17, 15) is 0 Å². The first-order valence-corrected chi connectivity index (χ1v) is 7.18. The van der Waals surface area contributed by atoms with E-state index in [-0.39, 0.29) is 0 Å². The average Bonchev–Trinajstić information content (AvgIpc) is 2.71. The van der Waals surface area contributed by atoms with Gasteiger partial charge >= 0.3 is 0 Å². The molecular formula is C14H28N2. The summed E-state index contributed by atoms with van der Waals surface area (Å²) in [5.74, 6) is 1.70. The second-order valence-corrected chi connectivity index (χ2v) is 6.02. The third kappa shape index (κ3) is 2.60. The maximum Gasteiger partial charge on any atom is 0.00981 e. The summed E-state index contributed by atoms with van der Waals surface area (Å²) in [5, 5.41) is 0. The zero-order valence-corrected chi connectivity index (χ0v) is 11.0. The lowest BCUT2D eigenvalue weighted by Gasteiger charge is -2.36. The van der Waals surface area contributed by atoms with Crippen molar-refractivity contribution in [1.82, 2.24) is 4.90 Å². The van der Waals surface area contributed by atoms with Crippen molar-refractivity contribution in [2.75, 3.05) is 13.1 Å². The molecule has 2 nitrogen and oxygen atoms in total. The molecule has 1 aliphatic carbocycles. The molecule has 0 radical (unpaired) electrons. The van der Waals surface area contributed by atoms with Crippen LogP contribution in [0.25, 0.3) is 0 Å². The van der Waals surface area contributed by atoms with Gasteiger partial charge in [0.15, 0.2) is 0 Å². The van der Waals surface area contributed by atoms with Gasteiger partial charge in [-0.15, -0.1) is 0 Å². The molecule has 1 heterocycles. The summed E-state index contributed by atoms with van der Waals surface area (Å²) < 4.78 is 0. The van der Waals surface area contributed by atoms with E-state index in [4.69, 9.17) is 5.73 Å². The van der Waals surface area contributed by atoms with E-state index in [1.807, 2.05) is 0 Å². The zero-order valence-electron chi connectivity index (χ0n) is 11.0. The smallest absolute Gasteiger partial charge is 0.00981 e. The monoisotopic (exact) mass is 224 g/mol. The fourth-order valence-corrected chi connectivity index (χ4v) is 3.80. The highest BCUT2D eigenvalue weighted by Gasteiger charge is 2.34. The van der Waals surface area contributed by atoms with Crippen LogP contribution in [0, 0.1) is 11.8 Å². The molecule has 2 rings (SSSR count). The molecule has 94 valence electrons. The molecule has 0 aromatic heterocycles. The Morgan fingerprint density at radius 3 is 2.50 bits per heavy atom. The quantitative estimate of drug-likeness (QED) is 0.798. The molecule has 1 saturated carbocycles. The number of rotatable bonds is 3. The Bertz CT molecular complexity index is 211. The summed E-state index contributed by atoms with van der Waals surface area (Å²) in [6.45, 7) is 6.95. The van der Waals surface area contributed by atoms with Crippen molar-refractivity contribution in [2.45, 2.75) is 64.5 Å². The van der Waals surface area contributed by atoms with Crippen molar-refractivity contribution in [3.63, 3.8) is 0 Å². The number of hydrogen-bond acceptors (Lipinski definition) is 2. The first-order chi connectivity index (χ1) is 7.72. The maximum atomic E-state index is 5.81. The maximum absolute atomic E-state index is 5.81. The predicted molar refractivity (Wildman–Crippen MR) is 69.4 cm³/mol. The third-order valence-corrected chi connectivity index (χ3v) is 4.90. The molecule has 2 aliphatic rings. The topological polar surface area (TPSA) is 29.3 Å². The molecule has 2 N–H and O–H groups in total. The van der Waals surface area contributed by atoms with Crippen LogP contribution in [-0.4, -0.2) is 30.1 Å². The van der Waals surface area contributed by atoms with Crippen LogP contribution in [0.4, 0.5) is 0 Å². The lowest BCUT2D eigenvalue weighted by Crippen LogP contribution is -2.41. The molecule has 0 bridgehead atoms. The van der Waals surface area contributed by atoms with Crippen molar-refractivity contribution >= 4 is 0 Å². The van der Waals surface area contributed by atoms with Crippen molar-refractivity contribution in [3.8, 4) is 0 Å². The van der Waals surface area contributed by atoms with Crippen molar-refractivity contribution in [1.29, 1.82) is 0 Å². The Kier molecular flexibility index (Phi) is 4.26. The van der Waals surface area contributed by atoms with Gasteiger partial charge in [0, 0.05) is 18.6 Å². The summed E-state index contributed by atoms with van der Waals surface area (Å²) in [4.78, 5) is 2.73. The molecule has 2 fully saturated rings. The molecule has 1 saturated heterocycles. The van der Waals surface area contributed by atoms with E-state index < -0.39 is 0 Å². The van der Waals surface area contributed by atoms with E-state index in [1.54, 1.807) is 0 Å². The van der Waals surface area contributed by atoms with Crippen molar-refractivity contribution in [2.24, 2.45) is 17.6 Å². The van der Waals surface area contributed by atoms with Gasteiger partial charge in [0.25, 0.3) is 0 Å². The predicted octanol–water partition coefficient (Wildman–Crippen LogP) is 2.62. The van der Waals surface area contributed by atoms with Crippen LogP contribution in [-0.2, 0) is 0 Å². The minimum Gasteiger partial charge on any atom is -0.330 e. The van der Waals surface area contributed by atoms with Gasteiger partial charge in [-0.2, -0.15) is 0 Å². The minimum absolute atomic E-state index is 0.751. The van der Waals surface area contributed by atoms with Crippen LogP contribution >= 0.6 is 0 Å². The fraction of sp³-hybridized carbons (Fsp3) is 1.00. The molecule has 0 aromatic rings. The average molecular weight is 224 g/mol. The Balaban J connectivity index is 1.90. The second-order valence-electron chi connectivity index (χ2n) is 6.02. The first kappa shape index (κ1) is 12.4. The molecule has 0 amide bonds. The molecule has 3 atom stereocenters. The summed E-state index contributed by atoms with van der Waals surface area (Å²) in [7, 11) is 0. The van der Waals surface area contributed by atoms with Gasteiger partial charge in [-0.1, -0.05) is 19.3 Å². The zero-order chi connectivity index (χ0) is 11.5. The van der Waals surface area contributed by atoms with Gasteiger partial charge < -0.3 is 5.73 Å². The lowest BCUT2D eigenvalue weighted by atomic mass is 9.84. The van der Waals surface area contributed by atoms with Crippen LogP contribution in [0.3, 0.4) is 0 Å². The number of hydrogen-bond donors (Lipinski definition) is 1.